The van der Waals surface area contributed by atoms with Crippen molar-refractivity contribution < 1.29 is 13.3 Å². The maximum Gasteiger partial charge on any atom is 0.292 e. The van der Waals surface area contributed by atoms with Crippen LogP contribution in [0.25, 0.3) is 0 Å². The lowest BCUT2D eigenvalue weighted by atomic mass is 10.2. The predicted molar refractivity (Wildman–Crippen MR) is 72.1 cm³/mol. The molecule has 100 valence electrons. The largest absolute Gasteiger partial charge is 0.378 e. The molecule has 9 heteroatoms. The molecule has 1 rings (SSSR count). The van der Waals surface area contributed by atoms with Gasteiger partial charge in [-0.15, -0.1) is 0 Å². The van der Waals surface area contributed by atoms with Gasteiger partial charge in [0, 0.05) is 23.6 Å². The molecule has 1 aromatic carbocycles. The van der Waals surface area contributed by atoms with Gasteiger partial charge >= 0.3 is 0 Å². The van der Waals surface area contributed by atoms with E-state index in [0.717, 1.165) is 6.26 Å². The molecule has 0 aliphatic rings. The maximum absolute atomic E-state index is 10.8. The molecule has 0 fully saturated rings. The van der Waals surface area contributed by atoms with E-state index in [9.17, 15) is 18.5 Å². The maximum atomic E-state index is 10.8. The van der Waals surface area contributed by atoms with Crippen LogP contribution in [0, 0.1) is 10.1 Å². The van der Waals surface area contributed by atoms with Gasteiger partial charge in [-0.1, -0.05) is 15.9 Å². The predicted octanol–water partition coefficient (Wildman–Crippen LogP) is 1.32. The number of nitro groups is 1. The van der Waals surface area contributed by atoms with Gasteiger partial charge in [0.15, 0.2) is 0 Å². The molecule has 0 unspecified atom stereocenters. The Kier molecular flexibility index (Phi) is 5.05. The summed E-state index contributed by atoms with van der Waals surface area (Å²) in [7, 11) is -3.25. The SMILES string of the molecule is CS(=O)(=O)NCCNc1cc(Br)ccc1[N+](=O)[O-]. The summed E-state index contributed by atoms with van der Waals surface area (Å²) in [6, 6.07) is 4.51. The Morgan fingerprint density at radius 2 is 2.06 bits per heavy atom. The van der Waals surface area contributed by atoms with E-state index in [1.165, 1.54) is 6.07 Å². The monoisotopic (exact) mass is 337 g/mol. The summed E-state index contributed by atoms with van der Waals surface area (Å²) in [5.74, 6) is 0. The first-order valence-corrected chi connectivity index (χ1v) is 7.60. The summed E-state index contributed by atoms with van der Waals surface area (Å²) >= 11 is 3.21. The first-order valence-electron chi connectivity index (χ1n) is 4.92. The quantitative estimate of drug-likeness (QED) is 0.463. The molecule has 0 amide bonds. The van der Waals surface area contributed by atoms with E-state index in [1.54, 1.807) is 12.1 Å². The molecule has 7 nitrogen and oxygen atoms in total. The Balaban J connectivity index is 2.66. The van der Waals surface area contributed by atoms with E-state index >= 15 is 0 Å². The van der Waals surface area contributed by atoms with Crippen molar-refractivity contribution in [2.45, 2.75) is 0 Å². The minimum absolute atomic E-state index is 0.0578. The van der Waals surface area contributed by atoms with Crippen LogP contribution in [0.15, 0.2) is 22.7 Å². The second kappa shape index (κ2) is 6.12. The number of rotatable bonds is 6. The van der Waals surface area contributed by atoms with E-state index < -0.39 is 14.9 Å². The fraction of sp³-hybridized carbons (Fsp3) is 0.333. The summed E-state index contributed by atoms with van der Waals surface area (Å²) in [6.45, 7) is 0.410. The van der Waals surface area contributed by atoms with Crippen LogP contribution in [-0.4, -0.2) is 32.7 Å². The van der Waals surface area contributed by atoms with Crippen LogP contribution in [0.5, 0.6) is 0 Å². The highest BCUT2D eigenvalue weighted by atomic mass is 79.9. The van der Waals surface area contributed by atoms with Crippen molar-refractivity contribution in [2.24, 2.45) is 0 Å². The second-order valence-corrected chi connectivity index (χ2v) is 6.26. The Morgan fingerprint density at radius 3 is 2.61 bits per heavy atom. The van der Waals surface area contributed by atoms with Gasteiger partial charge in [-0.25, -0.2) is 13.1 Å². The third kappa shape index (κ3) is 4.98. The lowest BCUT2D eigenvalue weighted by Crippen LogP contribution is -2.27. The zero-order valence-electron chi connectivity index (χ0n) is 9.51. The molecular formula is C9H12BrN3O4S. The summed E-state index contributed by atoms with van der Waals surface area (Å²) in [4.78, 5) is 10.3. The first kappa shape index (κ1) is 14.9. The van der Waals surface area contributed by atoms with Crippen molar-refractivity contribution in [3.8, 4) is 0 Å². The van der Waals surface area contributed by atoms with Crippen molar-refractivity contribution in [2.75, 3.05) is 24.7 Å². The minimum atomic E-state index is -3.25. The third-order valence-electron chi connectivity index (χ3n) is 1.96. The topological polar surface area (TPSA) is 101 Å². The molecule has 0 aromatic heterocycles. The van der Waals surface area contributed by atoms with Gasteiger partial charge in [0.05, 0.1) is 11.2 Å². The molecule has 0 spiro atoms. The molecular weight excluding hydrogens is 326 g/mol. The van der Waals surface area contributed by atoms with Crippen molar-refractivity contribution in [3.63, 3.8) is 0 Å². The molecule has 0 radical (unpaired) electrons. The summed E-state index contributed by atoms with van der Waals surface area (Å²) < 4.78 is 24.6. The minimum Gasteiger partial charge on any atom is -0.378 e. The van der Waals surface area contributed by atoms with E-state index in [1.807, 2.05) is 0 Å². The Hall–Kier alpha value is -1.19. The fourth-order valence-electron chi connectivity index (χ4n) is 1.24. The Bertz CT molecular complexity index is 547. The van der Waals surface area contributed by atoms with E-state index in [2.05, 4.69) is 26.0 Å². The number of benzene rings is 1. The number of nitrogens with zero attached hydrogens (tertiary/aromatic N) is 1. The first-order chi connectivity index (χ1) is 8.29. The van der Waals surface area contributed by atoms with Crippen molar-refractivity contribution in [1.82, 2.24) is 4.72 Å². The number of nitrogens with one attached hydrogen (secondary N) is 2. The molecule has 0 bridgehead atoms. The van der Waals surface area contributed by atoms with Crippen LogP contribution in [0.1, 0.15) is 0 Å². The highest BCUT2D eigenvalue weighted by molar-refractivity contribution is 9.10. The lowest BCUT2D eigenvalue weighted by molar-refractivity contribution is -0.384. The average molecular weight is 338 g/mol. The lowest BCUT2D eigenvalue weighted by Gasteiger charge is -2.07. The molecule has 0 aliphatic heterocycles. The molecule has 0 aliphatic carbocycles. The van der Waals surface area contributed by atoms with Gasteiger partial charge in [0.2, 0.25) is 10.0 Å². The van der Waals surface area contributed by atoms with E-state index in [4.69, 9.17) is 0 Å². The summed E-state index contributed by atoms with van der Waals surface area (Å²) in [5, 5.41) is 13.6. The van der Waals surface area contributed by atoms with Gasteiger partial charge in [0.25, 0.3) is 5.69 Å². The smallest absolute Gasteiger partial charge is 0.292 e. The molecule has 18 heavy (non-hydrogen) atoms. The van der Waals surface area contributed by atoms with Gasteiger partial charge in [-0.3, -0.25) is 10.1 Å². The molecule has 2 N–H and O–H groups in total. The third-order valence-corrected chi connectivity index (χ3v) is 3.18. The van der Waals surface area contributed by atoms with Gasteiger partial charge in [-0.2, -0.15) is 0 Å². The van der Waals surface area contributed by atoms with Gasteiger partial charge in [0.1, 0.15) is 5.69 Å². The number of sulfonamides is 1. The fourth-order valence-corrected chi connectivity index (χ4v) is 2.08. The Labute approximate surface area is 113 Å². The van der Waals surface area contributed by atoms with Crippen LogP contribution >= 0.6 is 15.9 Å². The average Bonchev–Trinajstić information content (AvgIpc) is 2.22. The van der Waals surface area contributed by atoms with E-state index in [-0.39, 0.29) is 18.8 Å². The number of hydrogen-bond donors (Lipinski definition) is 2. The number of hydrogen-bond acceptors (Lipinski definition) is 5. The molecule has 0 atom stereocenters. The second-order valence-electron chi connectivity index (χ2n) is 3.51. The van der Waals surface area contributed by atoms with Crippen LogP contribution in [0.3, 0.4) is 0 Å². The molecule has 0 heterocycles. The molecule has 0 saturated heterocycles. The normalized spacial score (nSPS) is 11.2. The standard InChI is InChI=1S/C9H12BrN3O4S/c1-18(16,17)12-5-4-11-8-6-7(10)2-3-9(8)13(14)15/h2-3,6,11-12H,4-5H2,1H3. The van der Waals surface area contributed by atoms with Crippen molar-refractivity contribution in [3.05, 3.63) is 32.8 Å². The van der Waals surface area contributed by atoms with Crippen molar-refractivity contribution in [1.29, 1.82) is 0 Å². The highest BCUT2D eigenvalue weighted by Crippen LogP contribution is 2.27. The van der Waals surface area contributed by atoms with E-state index in [0.29, 0.717) is 10.2 Å². The zero-order valence-corrected chi connectivity index (χ0v) is 11.9. The van der Waals surface area contributed by atoms with Gasteiger partial charge in [-0.05, 0) is 12.1 Å². The number of anilines is 1. The zero-order chi connectivity index (χ0) is 13.8. The van der Waals surface area contributed by atoms with Crippen LogP contribution in [0.4, 0.5) is 11.4 Å². The van der Waals surface area contributed by atoms with Crippen molar-refractivity contribution >= 4 is 37.3 Å². The Morgan fingerprint density at radius 1 is 1.39 bits per heavy atom. The molecule has 0 saturated carbocycles. The number of halogens is 1. The highest BCUT2D eigenvalue weighted by Gasteiger charge is 2.13. The van der Waals surface area contributed by atoms with Gasteiger partial charge < -0.3 is 5.32 Å². The van der Waals surface area contributed by atoms with Crippen LogP contribution < -0.4 is 10.0 Å². The molecule has 1 aromatic rings. The van der Waals surface area contributed by atoms with Crippen LogP contribution in [-0.2, 0) is 10.0 Å². The number of nitro benzene ring substituents is 1. The summed E-state index contributed by atoms with van der Waals surface area (Å²) in [6.07, 6.45) is 1.05. The summed E-state index contributed by atoms with van der Waals surface area (Å²) in [5.41, 5.74) is 0.280. The van der Waals surface area contributed by atoms with Crippen LogP contribution in [0.2, 0.25) is 0 Å².